The number of carbonyl (C=O) groups excluding carboxylic acids is 1. The monoisotopic (exact) mass is 396 g/mol. The van der Waals surface area contributed by atoms with Crippen molar-refractivity contribution >= 4 is 17.5 Å². The fourth-order valence-corrected chi connectivity index (χ4v) is 3.18. The Balaban J connectivity index is 1.64. The number of amides is 1. The minimum atomic E-state index is -0.827. The molecule has 3 aromatic rings. The van der Waals surface area contributed by atoms with Crippen molar-refractivity contribution in [2.45, 2.75) is 12.8 Å². The second-order valence-corrected chi connectivity index (χ2v) is 6.53. The van der Waals surface area contributed by atoms with Gasteiger partial charge < -0.3 is 15.2 Å². The van der Waals surface area contributed by atoms with Crippen LogP contribution in [0.3, 0.4) is 0 Å². The normalized spacial score (nSPS) is 13.5. The Labute approximate surface area is 163 Å². The Morgan fingerprint density at radius 3 is 2.55 bits per heavy atom. The molecule has 1 amide bonds. The van der Waals surface area contributed by atoms with E-state index in [0.29, 0.717) is 5.82 Å². The highest BCUT2D eigenvalue weighted by Gasteiger charge is 2.18. The third kappa shape index (κ3) is 3.77. The number of aromatic amines is 1. The molecule has 148 valence electrons. The van der Waals surface area contributed by atoms with Gasteiger partial charge in [-0.15, -0.1) is 0 Å². The molecule has 0 spiro atoms. The Morgan fingerprint density at radius 1 is 1.10 bits per heavy atom. The predicted molar refractivity (Wildman–Crippen MR) is 104 cm³/mol. The number of hydrogen-bond acceptors (Lipinski definition) is 6. The van der Waals surface area contributed by atoms with Crippen LogP contribution in [0, 0.1) is 5.82 Å². The standard InChI is InChI=1S/C19H17FN6O3/c20-12-3-5-13(6-4-12)26-18(28)14(10-21-19(26)29)17(27)24-15-9-16(23-11-22-15)25-7-1-2-8-25/h3-6,9-11H,1-2,7-8H2,(H,21,29)(H,22,23,24,27). The summed E-state index contributed by atoms with van der Waals surface area (Å²) in [5, 5.41) is 2.56. The number of benzene rings is 1. The van der Waals surface area contributed by atoms with Crippen LogP contribution in [0.25, 0.3) is 5.69 Å². The topological polar surface area (TPSA) is 113 Å². The lowest BCUT2D eigenvalue weighted by Crippen LogP contribution is -2.38. The Kier molecular flexibility index (Phi) is 4.90. The SMILES string of the molecule is O=C(Nc1cc(N2CCCC2)ncn1)c1c[nH]c(=O)n(-c2ccc(F)cc2)c1=O. The van der Waals surface area contributed by atoms with Crippen molar-refractivity contribution in [2.75, 3.05) is 23.3 Å². The third-order valence-corrected chi connectivity index (χ3v) is 4.63. The molecule has 0 radical (unpaired) electrons. The maximum Gasteiger partial charge on any atom is 0.333 e. The fourth-order valence-electron chi connectivity index (χ4n) is 3.18. The number of rotatable bonds is 4. The molecule has 1 fully saturated rings. The van der Waals surface area contributed by atoms with Crippen molar-refractivity contribution in [3.8, 4) is 5.69 Å². The Hall–Kier alpha value is -3.82. The molecule has 0 unspecified atom stereocenters. The maximum absolute atomic E-state index is 13.1. The van der Waals surface area contributed by atoms with E-state index in [9.17, 15) is 18.8 Å². The first-order valence-corrected chi connectivity index (χ1v) is 9.02. The summed E-state index contributed by atoms with van der Waals surface area (Å²) >= 11 is 0. The lowest BCUT2D eigenvalue weighted by molar-refractivity contribution is 0.102. The molecular formula is C19H17FN6O3. The van der Waals surface area contributed by atoms with E-state index in [-0.39, 0.29) is 17.1 Å². The number of H-pyrrole nitrogens is 1. The van der Waals surface area contributed by atoms with Crippen molar-refractivity contribution in [1.82, 2.24) is 19.5 Å². The Bertz CT molecular complexity index is 1170. The van der Waals surface area contributed by atoms with Crippen LogP contribution in [-0.2, 0) is 0 Å². The first-order chi connectivity index (χ1) is 14.0. The highest BCUT2D eigenvalue weighted by Crippen LogP contribution is 2.19. The molecule has 2 aromatic heterocycles. The number of aromatic nitrogens is 4. The van der Waals surface area contributed by atoms with Gasteiger partial charge in [-0.05, 0) is 37.1 Å². The predicted octanol–water partition coefficient (Wildman–Crippen LogP) is 1.31. The summed E-state index contributed by atoms with van der Waals surface area (Å²) in [4.78, 5) is 50.1. The molecule has 0 bridgehead atoms. The third-order valence-electron chi connectivity index (χ3n) is 4.63. The molecule has 0 saturated carbocycles. The first kappa shape index (κ1) is 18.5. The lowest BCUT2D eigenvalue weighted by atomic mass is 10.2. The molecule has 1 saturated heterocycles. The second-order valence-electron chi connectivity index (χ2n) is 6.53. The van der Waals surface area contributed by atoms with Gasteiger partial charge in [-0.25, -0.2) is 23.7 Å². The van der Waals surface area contributed by atoms with E-state index in [1.807, 2.05) is 0 Å². The number of carbonyl (C=O) groups is 1. The van der Waals surface area contributed by atoms with Gasteiger partial charge in [0.05, 0.1) is 5.69 Å². The molecule has 4 rings (SSSR count). The molecule has 10 heteroatoms. The van der Waals surface area contributed by atoms with E-state index >= 15 is 0 Å². The molecule has 9 nitrogen and oxygen atoms in total. The summed E-state index contributed by atoms with van der Waals surface area (Å²) in [6.07, 6.45) is 4.54. The highest BCUT2D eigenvalue weighted by molar-refractivity contribution is 6.03. The van der Waals surface area contributed by atoms with E-state index in [4.69, 9.17) is 0 Å². The van der Waals surface area contributed by atoms with Crippen LogP contribution in [0.2, 0.25) is 0 Å². The molecule has 1 aliphatic rings. The highest BCUT2D eigenvalue weighted by atomic mass is 19.1. The summed E-state index contributed by atoms with van der Waals surface area (Å²) < 4.78 is 13.9. The summed E-state index contributed by atoms with van der Waals surface area (Å²) in [6.45, 7) is 1.76. The van der Waals surface area contributed by atoms with E-state index in [0.717, 1.165) is 48.8 Å². The summed E-state index contributed by atoms with van der Waals surface area (Å²) in [5.41, 5.74) is -1.70. The smallest absolute Gasteiger partial charge is 0.333 e. The fraction of sp³-hybridized carbons (Fsp3) is 0.211. The van der Waals surface area contributed by atoms with E-state index in [2.05, 4.69) is 25.2 Å². The first-order valence-electron chi connectivity index (χ1n) is 9.02. The van der Waals surface area contributed by atoms with Gasteiger partial charge in [0, 0.05) is 25.4 Å². The van der Waals surface area contributed by atoms with Gasteiger partial charge in [-0.2, -0.15) is 0 Å². The summed E-state index contributed by atoms with van der Waals surface area (Å²) in [7, 11) is 0. The van der Waals surface area contributed by atoms with Gasteiger partial charge in [0.1, 0.15) is 29.3 Å². The van der Waals surface area contributed by atoms with Gasteiger partial charge in [-0.3, -0.25) is 9.59 Å². The van der Waals surface area contributed by atoms with Crippen LogP contribution in [0.4, 0.5) is 16.0 Å². The number of nitrogens with zero attached hydrogens (tertiary/aromatic N) is 4. The molecule has 1 aliphatic heterocycles. The minimum absolute atomic E-state index is 0.144. The van der Waals surface area contributed by atoms with E-state index in [1.54, 1.807) is 6.07 Å². The molecule has 1 aromatic carbocycles. The number of halogens is 1. The van der Waals surface area contributed by atoms with Gasteiger partial charge in [0.2, 0.25) is 0 Å². The molecule has 0 aliphatic carbocycles. The van der Waals surface area contributed by atoms with E-state index < -0.39 is 23.0 Å². The molecule has 0 atom stereocenters. The maximum atomic E-state index is 13.1. The van der Waals surface area contributed by atoms with Gasteiger partial charge in [-0.1, -0.05) is 0 Å². The largest absolute Gasteiger partial charge is 0.356 e. The van der Waals surface area contributed by atoms with Crippen molar-refractivity contribution in [3.05, 3.63) is 75.1 Å². The van der Waals surface area contributed by atoms with Crippen molar-refractivity contribution in [1.29, 1.82) is 0 Å². The van der Waals surface area contributed by atoms with E-state index in [1.165, 1.54) is 18.5 Å². The molecular weight excluding hydrogens is 379 g/mol. The minimum Gasteiger partial charge on any atom is -0.356 e. The zero-order chi connectivity index (χ0) is 20.4. The lowest BCUT2D eigenvalue weighted by Gasteiger charge is -2.16. The number of anilines is 2. The van der Waals surface area contributed by atoms with Crippen LogP contribution in [-0.4, -0.2) is 38.5 Å². The Morgan fingerprint density at radius 2 is 1.83 bits per heavy atom. The molecule has 29 heavy (non-hydrogen) atoms. The average molecular weight is 396 g/mol. The number of hydrogen-bond donors (Lipinski definition) is 2. The van der Waals surface area contributed by atoms with Gasteiger partial charge >= 0.3 is 5.69 Å². The van der Waals surface area contributed by atoms with Crippen LogP contribution in [0.15, 0.2) is 52.4 Å². The van der Waals surface area contributed by atoms with Gasteiger partial charge in [0.25, 0.3) is 11.5 Å². The number of nitrogens with one attached hydrogen (secondary N) is 2. The second kappa shape index (κ2) is 7.66. The quantitative estimate of drug-likeness (QED) is 0.688. The zero-order valence-electron chi connectivity index (χ0n) is 15.3. The van der Waals surface area contributed by atoms with Crippen LogP contribution >= 0.6 is 0 Å². The summed E-state index contributed by atoms with van der Waals surface area (Å²) in [6, 6.07) is 6.43. The molecule has 3 heterocycles. The van der Waals surface area contributed by atoms with Crippen molar-refractivity contribution in [3.63, 3.8) is 0 Å². The molecule has 2 N–H and O–H groups in total. The van der Waals surface area contributed by atoms with Crippen LogP contribution < -0.4 is 21.5 Å². The van der Waals surface area contributed by atoms with Crippen molar-refractivity contribution < 1.29 is 9.18 Å². The average Bonchev–Trinajstić information content (AvgIpc) is 3.24. The van der Waals surface area contributed by atoms with Gasteiger partial charge in [0.15, 0.2) is 0 Å². The van der Waals surface area contributed by atoms with Crippen LogP contribution in [0.5, 0.6) is 0 Å². The van der Waals surface area contributed by atoms with Crippen LogP contribution in [0.1, 0.15) is 23.2 Å². The summed E-state index contributed by atoms with van der Waals surface area (Å²) in [5.74, 6) is -0.304. The van der Waals surface area contributed by atoms with Crippen molar-refractivity contribution in [2.24, 2.45) is 0 Å². The zero-order valence-corrected chi connectivity index (χ0v) is 15.3.